The third-order valence-corrected chi connectivity index (χ3v) is 2.77. The highest BCUT2D eigenvalue weighted by molar-refractivity contribution is 6.03. The molecule has 0 spiro atoms. The van der Waals surface area contributed by atoms with E-state index >= 15 is 0 Å². The number of carbonyl (C=O) groups excluding carboxylic acids is 1. The lowest BCUT2D eigenvalue weighted by Crippen LogP contribution is -2.09. The van der Waals surface area contributed by atoms with Crippen molar-refractivity contribution in [2.45, 2.75) is 13.8 Å². The van der Waals surface area contributed by atoms with Crippen LogP contribution in [-0.4, -0.2) is 10.8 Å². The summed E-state index contributed by atoms with van der Waals surface area (Å²) in [4.78, 5) is 22.2. The Kier molecular flexibility index (Phi) is 4.18. The molecule has 1 amide bonds. The summed E-state index contributed by atoms with van der Waals surface area (Å²) in [5.41, 5.74) is 0.780. The summed E-state index contributed by atoms with van der Waals surface area (Å²) in [5, 5.41) is 13.4. The molecule has 1 aromatic heterocycles. The molecule has 1 aromatic carbocycles. The fraction of sp³-hybridized carbons (Fsp3) is 0.133. The van der Waals surface area contributed by atoms with Crippen molar-refractivity contribution in [1.29, 1.82) is 0 Å². The molecule has 21 heavy (non-hydrogen) atoms. The maximum absolute atomic E-state index is 11.8. The van der Waals surface area contributed by atoms with E-state index in [9.17, 15) is 14.9 Å². The topological polar surface area (TPSA) is 85.4 Å². The van der Waals surface area contributed by atoms with E-state index < -0.39 is 10.8 Å². The van der Waals surface area contributed by atoms with Gasteiger partial charge < -0.3 is 9.73 Å². The van der Waals surface area contributed by atoms with E-state index in [1.807, 2.05) is 0 Å². The van der Waals surface area contributed by atoms with Crippen LogP contribution in [0, 0.1) is 24.0 Å². The second-order valence-corrected chi connectivity index (χ2v) is 4.55. The van der Waals surface area contributed by atoms with Crippen LogP contribution in [0.1, 0.15) is 17.1 Å². The zero-order valence-corrected chi connectivity index (χ0v) is 11.6. The van der Waals surface area contributed by atoms with Gasteiger partial charge in [-0.3, -0.25) is 14.9 Å². The summed E-state index contributed by atoms with van der Waals surface area (Å²) in [6.07, 6.45) is 2.77. The lowest BCUT2D eigenvalue weighted by Gasteiger charge is -2.04. The lowest BCUT2D eigenvalue weighted by molar-refractivity contribution is -0.384. The highest BCUT2D eigenvalue weighted by atomic mass is 16.6. The number of anilines is 1. The number of carbonyl (C=O) groups is 1. The van der Waals surface area contributed by atoms with Gasteiger partial charge in [-0.1, -0.05) is 6.07 Å². The van der Waals surface area contributed by atoms with Gasteiger partial charge in [0.1, 0.15) is 17.2 Å². The molecule has 2 aromatic rings. The molecular formula is C15H14N2O4. The van der Waals surface area contributed by atoms with Gasteiger partial charge in [-0.15, -0.1) is 0 Å². The quantitative estimate of drug-likeness (QED) is 0.530. The molecule has 0 unspecified atom stereocenters. The first kappa shape index (κ1) is 14.5. The summed E-state index contributed by atoms with van der Waals surface area (Å²) in [5.74, 6) is 0.821. The van der Waals surface area contributed by atoms with Crippen LogP contribution in [0.3, 0.4) is 0 Å². The Balaban J connectivity index is 2.13. The molecule has 0 saturated carbocycles. The number of aryl methyl sites for hydroxylation is 2. The molecule has 0 radical (unpaired) electrons. The van der Waals surface area contributed by atoms with Gasteiger partial charge in [-0.25, -0.2) is 0 Å². The maximum Gasteiger partial charge on any atom is 0.293 e. The zero-order chi connectivity index (χ0) is 15.4. The average Bonchev–Trinajstić information content (AvgIpc) is 2.84. The van der Waals surface area contributed by atoms with Crippen LogP contribution >= 0.6 is 0 Å². The molecule has 0 atom stereocenters. The van der Waals surface area contributed by atoms with E-state index in [1.54, 1.807) is 32.0 Å². The van der Waals surface area contributed by atoms with Gasteiger partial charge in [0.15, 0.2) is 0 Å². The van der Waals surface area contributed by atoms with Crippen LogP contribution in [-0.2, 0) is 4.79 Å². The van der Waals surface area contributed by atoms with E-state index in [1.165, 1.54) is 24.3 Å². The second-order valence-electron chi connectivity index (χ2n) is 4.55. The lowest BCUT2D eigenvalue weighted by atomic mass is 10.2. The molecule has 108 valence electrons. The van der Waals surface area contributed by atoms with E-state index in [0.717, 1.165) is 11.3 Å². The number of hydrogen-bond donors (Lipinski definition) is 1. The van der Waals surface area contributed by atoms with Gasteiger partial charge in [0.05, 0.1) is 4.92 Å². The summed E-state index contributed by atoms with van der Waals surface area (Å²) < 4.78 is 5.29. The smallest absolute Gasteiger partial charge is 0.293 e. The average molecular weight is 286 g/mol. The summed E-state index contributed by atoms with van der Waals surface area (Å²) in [7, 11) is 0. The number of nitrogens with one attached hydrogen (secondary N) is 1. The minimum atomic E-state index is -0.526. The minimum Gasteiger partial charge on any atom is -0.462 e. The van der Waals surface area contributed by atoms with Gasteiger partial charge in [0, 0.05) is 12.1 Å². The largest absolute Gasteiger partial charge is 0.462 e. The molecule has 6 nitrogen and oxygen atoms in total. The van der Waals surface area contributed by atoms with Crippen molar-refractivity contribution < 1.29 is 14.1 Å². The molecule has 0 aliphatic rings. The minimum absolute atomic E-state index is 0.134. The second kappa shape index (κ2) is 6.04. The molecule has 2 rings (SSSR count). The van der Waals surface area contributed by atoms with E-state index in [2.05, 4.69) is 5.32 Å². The number of nitro benzene ring substituents is 1. The van der Waals surface area contributed by atoms with Crippen molar-refractivity contribution in [1.82, 2.24) is 0 Å². The van der Waals surface area contributed by atoms with Crippen LogP contribution in [0.5, 0.6) is 0 Å². The Morgan fingerprint density at radius 3 is 2.67 bits per heavy atom. The Morgan fingerprint density at radius 1 is 1.29 bits per heavy atom. The fourth-order valence-electron chi connectivity index (χ4n) is 1.77. The Hall–Kier alpha value is -2.89. The van der Waals surface area contributed by atoms with Crippen molar-refractivity contribution in [2.24, 2.45) is 0 Å². The number of rotatable bonds is 4. The third kappa shape index (κ3) is 3.79. The molecule has 6 heteroatoms. The van der Waals surface area contributed by atoms with E-state index in [-0.39, 0.29) is 11.4 Å². The van der Waals surface area contributed by atoms with Gasteiger partial charge >= 0.3 is 0 Å². The molecule has 0 fully saturated rings. The first-order valence-electron chi connectivity index (χ1n) is 6.26. The number of benzene rings is 1. The molecule has 0 aliphatic heterocycles. The molecular weight excluding hydrogens is 272 g/mol. The van der Waals surface area contributed by atoms with Crippen molar-refractivity contribution in [3.05, 3.63) is 63.6 Å². The number of furan rings is 1. The predicted molar refractivity (Wildman–Crippen MR) is 78.9 cm³/mol. The van der Waals surface area contributed by atoms with Gasteiger partial charge in [-0.2, -0.15) is 0 Å². The molecule has 0 saturated heterocycles. The van der Waals surface area contributed by atoms with Gasteiger partial charge in [0.25, 0.3) is 5.69 Å². The number of amides is 1. The highest BCUT2D eigenvalue weighted by Gasteiger charge is 2.14. The highest BCUT2D eigenvalue weighted by Crippen LogP contribution is 2.25. The van der Waals surface area contributed by atoms with Crippen LogP contribution < -0.4 is 5.32 Å². The fourth-order valence-corrected chi connectivity index (χ4v) is 1.77. The summed E-state index contributed by atoms with van der Waals surface area (Å²) in [6, 6.07) is 8.13. The SMILES string of the molecule is Cc1ccc(NC(=O)/C=C/c2ccc(C)o2)c([N+](=O)[O-])c1. The number of nitro groups is 1. The Morgan fingerprint density at radius 2 is 2.05 bits per heavy atom. The predicted octanol–water partition coefficient (Wildman–Crippen LogP) is 3.46. The first-order valence-corrected chi connectivity index (χ1v) is 6.26. The molecule has 1 heterocycles. The Labute approximate surface area is 121 Å². The van der Waals surface area contributed by atoms with Crippen LogP contribution in [0.4, 0.5) is 11.4 Å². The summed E-state index contributed by atoms with van der Waals surface area (Å²) in [6.45, 7) is 3.55. The monoisotopic (exact) mass is 286 g/mol. The molecule has 0 bridgehead atoms. The first-order chi connectivity index (χ1) is 9.95. The van der Waals surface area contributed by atoms with Gasteiger partial charge in [-0.05, 0) is 43.7 Å². The van der Waals surface area contributed by atoms with E-state index in [4.69, 9.17) is 4.42 Å². The van der Waals surface area contributed by atoms with E-state index in [0.29, 0.717) is 5.76 Å². The molecule has 1 N–H and O–H groups in total. The van der Waals surface area contributed by atoms with Crippen LogP contribution in [0.2, 0.25) is 0 Å². The number of hydrogen-bond acceptors (Lipinski definition) is 4. The third-order valence-electron chi connectivity index (χ3n) is 2.77. The van der Waals surface area contributed by atoms with Crippen molar-refractivity contribution in [3.63, 3.8) is 0 Å². The maximum atomic E-state index is 11.8. The van der Waals surface area contributed by atoms with Gasteiger partial charge in [0.2, 0.25) is 5.91 Å². The number of nitrogens with zero attached hydrogens (tertiary/aromatic N) is 1. The Bertz CT molecular complexity index is 716. The standard InChI is InChI=1S/C15H14N2O4/c1-10-3-7-13(14(9-10)17(19)20)16-15(18)8-6-12-5-4-11(2)21-12/h3-9H,1-2H3,(H,16,18)/b8-6+. The summed E-state index contributed by atoms with van der Waals surface area (Å²) >= 11 is 0. The van der Waals surface area contributed by atoms with Crippen LogP contribution in [0.25, 0.3) is 6.08 Å². The van der Waals surface area contributed by atoms with Crippen LogP contribution in [0.15, 0.2) is 40.8 Å². The normalized spacial score (nSPS) is 10.8. The molecule has 0 aliphatic carbocycles. The van der Waals surface area contributed by atoms with Crippen molar-refractivity contribution in [3.8, 4) is 0 Å². The van der Waals surface area contributed by atoms with Crippen molar-refractivity contribution >= 4 is 23.4 Å². The van der Waals surface area contributed by atoms with Crippen molar-refractivity contribution in [2.75, 3.05) is 5.32 Å². The zero-order valence-electron chi connectivity index (χ0n) is 11.6.